The Morgan fingerprint density at radius 3 is 2.80 bits per heavy atom. The molecule has 0 radical (unpaired) electrons. The van der Waals surface area contributed by atoms with Crippen molar-refractivity contribution in [3.05, 3.63) is 42.4 Å². The highest BCUT2D eigenvalue weighted by Crippen LogP contribution is 2.15. The largest absolute Gasteiger partial charge is 0.345 e. The molecule has 1 aromatic carbocycles. The molecule has 0 bridgehead atoms. The Hall–Kier alpha value is -2.41. The molecule has 1 saturated heterocycles. The van der Waals surface area contributed by atoms with E-state index in [2.05, 4.69) is 25.5 Å². The molecule has 6 nitrogen and oxygen atoms in total. The highest BCUT2D eigenvalue weighted by molar-refractivity contribution is 8.15. The molecule has 1 aliphatic rings. The van der Waals surface area contributed by atoms with Crippen molar-refractivity contribution in [2.45, 2.75) is 0 Å². The van der Waals surface area contributed by atoms with Gasteiger partial charge < -0.3 is 10.3 Å². The van der Waals surface area contributed by atoms with E-state index < -0.39 is 0 Å². The Balaban J connectivity index is 1.68. The molecule has 100 valence electrons. The van der Waals surface area contributed by atoms with Gasteiger partial charge in [-0.25, -0.2) is 4.98 Å². The lowest BCUT2D eigenvalue weighted by molar-refractivity contribution is -0.116. The van der Waals surface area contributed by atoms with Gasteiger partial charge in [-0.15, -0.1) is 5.10 Å². The minimum Gasteiger partial charge on any atom is -0.345 e. The number of rotatable bonds is 3. The molecule has 0 unspecified atom stereocenters. The van der Waals surface area contributed by atoms with Gasteiger partial charge in [0.25, 0.3) is 0 Å². The van der Waals surface area contributed by atoms with Crippen LogP contribution in [0.1, 0.15) is 5.56 Å². The van der Waals surface area contributed by atoms with E-state index >= 15 is 0 Å². The van der Waals surface area contributed by atoms with Crippen molar-refractivity contribution >= 4 is 29.1 Å². The van der Waals surface area contributed by atoms with Gasteiger partial charge in [-0.05, 0) is 11.1 Å². The van der Waals surface area contributed by atoms with E-state index in [1.54, 1.807) is 18.7 Å². The molecule has 2 heterocycles. The van der Waals surface area contributed by atoms with E-state index in [1.165, 1.54) is 11.8 Å². The van der Waals surface area contributed by atoms with Gasteiger partial charge in [-0.2, -0.15) is 5.10 Å². The summed E-state index contributed by atoms with van der Waals surface area (Å²) in [5.74, 6) is 0.376. The molecule has 2 N–H and O–H groups in total. The van der Waals surface area contributed by atoms with Crippen LogP contribution in [0.3, 0.4) is 0 Å². The molecule has 1 fully saturated rings. The summed E-state index contributed by atoms with van der Waals surface area (Å²) in [6.07, 6.45) is 5.07. The highest BCUT2D eigenvalue weighted by Gasteiger charge is 2.15. The number of nitrogens with one attached hydrogen (secondary N) is 2. The number of benzene rings is 1. The monoisotopic (exact) mass is 285 g/mol. The lowest BCUT2D eigenvalue weighted by Gasteiger charge is -1.97. The second-order valence-corrected chi connectivity index (χ2v) is 5.04. The van der Waals surface area contributed by atoms with Crippen LogP contribution in [0.2, 0.25) is 0 Å². The molecule has 0 aliphatic carbocycles. The third-order valence-electron chi connectivity index (χ3n) is 2.66. The minimum absolute atomic E-state index is 0.0344. The summed E-state index contributed by atoms with van der Waals surface area (Å²) in [4.78, 5) is 18.0. The van der Waals surface area contributed by atoms with Crippen LogP contribution in [-0.4, -0.2) is 33.0 Å². The molecule has 3 rings (SSSR count). The first-order valence-electron chi connectivity index (χ1n) is 5.94. The average Bonchev–Trinajstić information content (AvgIpc) is 3.11. The Morgan fingerprint density at radius 1 is 1.30 bits per heavy atom. The number of amides is 1. The smallest absolute Gasteiger partial charge is 0.236 e. The van der Waals surface area contributed by atoms with Crippen LogP contribution in [0.5, 0.6) is 0 Å². The number of amidine groups is 1. The number of carbonyl (C=O) groups is 1. The van der Waals surface area contributed by atoms with Gasteiger partial charge in [0.05, 0.1) is 30.2 Å². The fraction of sp³-hybridized carbons (Fsp3) is 0.0769. The zero-order chi connectivity index (χ0) is 13.8. The number of nitrogens with zero attached hydrogens (tertiary/aromatic N) is 3. The third kappa shape index (κ3) is 2.94. The van der Waals surface area contributed by atoms with Crippen LogP contribution in [0.4, 0.5) is 0 Å². The number of thioether (sulfide) groups is 1. The minimum atomic E-state index is -0.0344. The first-order valence-corrected chi connectivity index (χ1v) is 6.92. The predicted octanol–water partition coefficient (Wildman–Crippen LogP) is 1.63. The van der Waals surface area contributed by atoms with Crippen molar-refractivity contribution in [2.75, 3.05) is 5.75 Å². The number of H-pyrrole nitrogens is 1. The van der Waals surface area contributed by atoms with Crippen molar-refractivity contribution < 1.29 is 4.79 Å². The number of carbonyl (C=O) groups excluding carboxylic acids is 1. The van der Waals surface area contributed by atoms with E-state index in [-0.39, 0.29) is 5.91 Å². The van der Waals surface area contributed by atoms with Gasteiger partial charge in [-0.3, -0.25) is 4.79 Å². The van der Waals surface area contributed by atoms with E-state index in [4.69, 9.17) is 0 Å². The molecule has 20 heavy (non-hydrogen) atoms. The summed E-state index contributed by atoms with van der Waals surface area (Å²) in [6, 6.07) is 7.85. The average molecular weight is 285 g/mol. The first-order chi connectivity index (χ1) is 9.81. The van der Waals surface area contributed by atoms with E-state index in [0.717, 1.165) is 16.8 Å². The van der Waals surface area contributed by atoms with Crippen molar-refractivity contribution in [1.29, 1.82) is 0 Å². The summed E-state index contributed by atoms with van der Waals surface area (Å²) >= 11 is 1.35. The third-order valence-corrected chi connectivity index (χ3v) is 3.53. The van der Waals surface area contributed by atoms with Gasteiger partial charge in [0.15, 0.2) is 5.17 Å². The van der Waals surface area contributed by atoms with Crippen molar-refractivity contribution in [1.82, 2.24) is 15.3 Å². The quantitative estimate of drug-likeness (QED) is 0.664. The Labute approximate surface area is 119 Å². The van der Waals surface area contributed by atoms with E-state index in [9.17, 15) is 4.79 Å². The fourth-order valence-corrected chi connectivity index (χ4v) is 2.32. The molecule has 1 aliphatic heterocycles. The molecule has 2 aromatic rings. The van der Waals surface area contributed by atoms with Crippen LogP contribution >= 0.6 is 11.8 Å². The summed E-state index contributed by atoms with van der Waals surface area (Å²) in [7, 11) is 0. The van der Waals surface area contributed by atoms with Crippen molar-refractivity contribution in [3.8, 4) is 11.3 Å². The summed E-state index contributed by atoms with van der Waals surface area (Å²) in [5, 5.41) is 11.1. The van der Waals surface area contributed by atoms with E-state index in [0.29, 0.717) is 10.9 Å². The van der Waals surface area contributed by atoms with Crippen LogP contribution in [0.15, 0.2) is 47.0 Å². The normalized spacial score (nSPS) is 17.0. The zero-order valence-electron chi connectivity index (χ0n) is 10.4. The highest BCUT2D eigenvalue weighted by atomic mass is 32.2. The predicted molar refractivity (Wildman–Crippen MR) is 79.7 cm³/mol. The molecular formula is C13H11N5OS. The fourth-order valence-electron chi connectivity index (χ4n) is 1.69. The van der Waals surface area contributed by atoms with Gasteiger partial charge >= 0.3 is 0 Å². The zero-order valence-corrected chi connectivity index (χ0v) is 11.2. The lowest BCUT2D eigenvalue weighted by Crippen LogP contribution is -2.19. The van der Waals surface area contributed by atoms with Gasteiger partial charge in [0, 0.05) is 0 Å². The molecule has 1 amide bonds. The molecular weight excluding hydrogens is 274 g/mol. The Bertz CT molecular complexity index is 661. The standard InChI is InChI=1S/C13H11N5OS/c19-12-7-20-13(17-12)18-16-5-9-1-3-10(4-2-9)11-6-14-8-15-11/h1-6,8H,7H2,(H,14,15)(H,17,18,19). The SMILES string of the molecule is O=C1CSC(=NN=Cc2ccc(-c3cnc[nH]3)cc2)N1. The number of hydrogen-bond donors (Lipinski definition) is 2. The maximum atomic E-state index is 11.0. The Kier molecular flexibility index (Phi) is 3.60. The number of aromatic nitrogens is 2. The summed E-state index contributed by atoms with van der Waals surface area (Å²) < 4.78 is 0. The van der Waals surface area contributed by atoms with Crippen LogP contribution in [-0.2, 0) is 4.79 Å². The van der Waals surface area contributed by atoms with Gasteiger partial charge in [0.1, 0.15) is 0 Å². The maximum Gasteiger partial charge on any atom is 0.236 e. The summed E-state index contributed by atoms with van der Waals surface area (Å²) in [5.41, 5.74) is 2.97. The number of imidazole rings is 1. The van der Waals surface area contributed by atoms with Crippen LogP contribution < -0.4 is 5.32 Å². The summed E-state index contributed by atoms with van der Waals surface area (Å²) in [6.45, 7) is 0. The second-order valence-electron chi connectivity index (χ2n) is 4.07. The number of aromatic amines is 1. The van der Waals surface area contributed by atoms with Crippen molar-refractivity contribution in [2.24, 2.45) is 10.2 Å². The van der Waals surface area contributed by atoms with Crippen LogP contribution in [0, 0.1) is 0 Å². The van der Waals surface area contributed by atoms with Crippen molar-refractivity contribution in [3.63, 3.8) is 0 Å². The van der Waals surface area contributed by atoms with E-state index in [1.807, 2.05) is 24.3 Å². The molecule has 1 aromatic heterocycles. The number of hydrogen-bond acceptors (Lipinski definition) is 5. The van der Waals surface area contributed by atoms with Crippen LogP contribution in [0.25, 0.3) is 11.3 Å². The second kappa shape index (κ2) is 5.70. The van der Waals surface area contributed by atoms with Gasteiger partial charge in [-0.1, -0.05) is 36.0 Å². The maximum absolute atomic E-state index is 11.0. The first kappa shape index (κ1) is 12.6. The molecule has 0 atom stereocenters. The van der Waals surface area contributed by atoms with Gasteiger partial charge in [0.2, 0.25) is 5.91 Å². The lowest BCUT2D eigenvalue weighted by atomic mass is 10.1. The topological polar surface area (TPSA) is 82.5 Å². The molecule has 0 saturated carbocycles. The molecule has 0 spiro atoms. The molecule has 7 heteroatoms. The Morgan fingerprint density at radius 2 is 2.15 bits per heavy atom.